The van der Waals surface area contributed by atoms with Crippen LogP contribution in [0.1, 0.15) is 16.2 Å². The second-order valence-corrected chi connectivity index (χ2v) is 5.50. The van der Waals surface area contributed by atoms with E-state index in [2.05, 4.69) is 10.1 Å². The summed E-state index contributed by atoms with van der Waals surface area (Å²) >= 11 is 0. The molecular weight excluding hydrogens is 371 g/mol. The first-order valence-corrected chi connectivity index (χ1v) is 8.11. The van der Waals surface area contributed by atoms with Gasteiger partial charge in [0.15, 0.2) is 18.1 Å². The molecule has 0 spiro atoms. The highest BCUT2D eigenvalue weighted by molar-refractivity contribution is 5.89. The minimum atomic E-state index is -0.856. The molecule has 0 amide bonds. The third-order valence-electron chi connectivity index (χ3n) is 3.83. The molecule has 0 saturated carbocycles. The van der Waals surface area contributed by atoms with Crippen LogP contribution in [0.5, 0.6) is 17.2 Å². The predicted octanol–water partition coefficient (Wildman–Crippen LogP) is 3.26. The van der Waals surface area contributed by atoms with Crippen molar-refractivity contribution in [2.75, 3.05) is 21.3 Å². The molecule has 9 heteroatoms. The van der Waals surface area contributed by atoms with Crippen molar-refractivity contribution in [1.82, 2.24) is 10.1 Å². The van der Waals surface area contributed by atoms with Gasteiger partial charge in [0.2, 0.25) is 5.82 Å². The summed E-state index contributed by atoms with van der Waals surface area (Å²) in [7, 11) is 4.45. The zero-order valence-corrected chi connectivity index (χ0v) is 15.4. The average Bonchev–Trinajstić information content (AvgIpc) is 3.20. The monoisotopic (exact) mass is 388 g/mol. The van der Waals surface area contributed by atoms with Gasteiger partial charge in [0.1, 0.15) is 11.6 Å². The number of hydrogen-bond acceptors (Lipinski definition) is 8. The lowest BCUT2D eigenvalue weighted by Gasteiger charge is -2.07. The highest BCUT2D eigenvalue weighted by Crippen LogP contribution is 2.31. The van der Waals surface area contributed by atoms with Crippen LogP contribution in [0.15, 0.2) is 40.9 Å². The van der Waals surface area contributed by atoms with Crippen LogP contribution in [0.4, 0.5) is 4.39 Å². The molecule has 8 nitrogen and oxygen atoms in total. The van der Waals surface area contributed by atoms with E-state index in [0.717, 1.165) is 6.07 Å². The number of carbonyl (C=O) groups is 1. The summed E-state index contributed by atoms with van der Waals surface area (Å²) in [6, 6.07) is 8.96. The second-order valence-electron chi connectivity index (χ2n) is 5.50. The summed E-state index contributed by atoms with van der Waals surface area (Å²) < 4.78 is 39.3. The van der Waals surface area contributed by atoms with Crippen LogP contribution in [0.3, 0.4) is 0 Å². The minimum Gasteiger partial charge on any atom is -0.497 e. The first-order chi connectivity index (χ1) is 13.5. The molecule has 0 aliphatic rings. The Hall–Kier alpha value is -3.62. The van der Waals surface area contributed by atoms with Crippen molar-refractivity contribution in [1.29, 1.82) is 0 Å². The molecule has 28 heavy (non-hydrogen) atoms. The molecule has 0 atom stereocenters. The Labute approximate surface area is 159 Å². The van der Waals surface area contributed by atoms with E-state index in [1.54, 1.807) is 18.2 Å². The zero-order valence-electron chi connectivity index (χ0n) is 15.4. The molecule has 1 heterocycles. The highest BCUT2D eigenvalue weighted by atomic mass is 19.1. The van der Waals surface area contributed by atoms with E-state index in [4.69, 9.17) is 23.5 Å². The van der Waals surface area contributed by atoms with Gasteiger partial charge in [0.05, 0.1) is 26.9 Å². The van der Waals surface area contributed by atoms with E-state index in [1.807, 2.05) is 0 Å². The lowest BCUT2D eigenvalue weighted by Crippen LogP contribution is -2.08. The summed E-state index contributed by atoms with van der Waals surface area (Å²) in [5.74, 6) is 0.102. The van der Waals surface area contributed by atoms with E-state index in [9.17, 15) is 9.18 Å². The highest BCUT2D eigenvalue weighted by Gasteiger charge is 2.17. The first kappa shape index (κ1) is 19.2. The van der Waals surface area contributed by atoms with Crippen LogP contribution in [-0.4, -0.2) is 37.4 Å². The number of esters is 1. The van der Waals surface area contributed by atoms with Gasteiger partial charge in [-0.15, -0.1) is 0 Å². The largest absolute Gasteiger partial charge is 0.497 e. The Morgan fingerprint density at radius 3 is 2.50 bits per heavy atom. The maximum Gasteiger partial charge on any atom is 0.341 e. The summed E-state index contributed by atoms with van der Waals surface area (Å²) in [5.41, 5.74) is 0.403. The van der Waals surface area contributed by atoms with Crippen LogP contribution in [0.2, 0.25) is 0 Å². The van der Waals surface area contributed by atoms with Crippen molar-refractivity contribution in [2.24, 2.45) is 0 Å². The van der Waals surface area contributed by atoms with Crippen LogP contribution < -0.4 is 14.2 Å². The Bertz CT molecular complexity index is 988. The number of rotatable bonds is 7. The number of halogens is 1. The molecule has 0 radical (unpaired) electrons. The van der Waals surface area contributed by atoms with E-state index in [0.29, 0.717) is 22.8 Å². The quantitative estimate of drug-likeness (QED) is 0.570. The molecule has 0 bridgehead atoms. The van der Waals surface area contributed by atoms with Gasteiger partial charge in [-0.3, -0.25) is 0 Å². The Morgan fingerprint density at radius 1 is 1.04 bits per heavy atom. The van der Waals surface area contributed by atoms with Crippen molar-refractivity contribution < 1.29 is 32.7 Å². The lowest BCUT2D eigenvalue weighted by atomic mass is 10.2. The van der Waals surface area contributed by atoms with Crippen LogP contribution >= 0.6 is 0 Å². The summed E-state index contributed by atoms with van der Waals surface area (Å²) in [4.78, 5) is 16.2. The van der Waals surface area contributed by atoms with Gasteiger partial charge in [-0.25, -0.2) is 9.18 Å². The van der Waals surface area contributed by atoms with Crippen molar-refractivity contribution in [3.05, 3.63) is 53.7 Å². The number of methoxy groups -OCH3 is 3. The molecule has 1 aromatic heterocycles. The Balaban J connectivity index is 1.69. The van der Waals surface area contributed by atoms with E-state index >= 15 is 0 Å². The predicted molar refractivity (Wildman–Crippen MR) is 94.9 cm³/mol. The van der Waals surface area contributed by atoms with Gasteiger partial charge in [0, 0.05) is 11.6 Å². The molecule has 0 aliphatic heterocycles. The topological polar surface area (TPSA) is 92.9 Å². The average molecular weight is 388 g/mol. The molecule has 0 unspecified atom stereocenters. The van der Waals surface area contributed by atoms with E-state index in [-0.39, 0.29) is 23.9 Å². The van der Waals surface area contributed by atoms with Crippen molar-refractivity contribution in [2.45, 2.75) is 6.61 Å². The summed E-state index contributed by atoms with van der Waals surface area (Å²) in [5, 5.41) is 3.84. The van der Waals surface area contributed by atoms with Gasteiger partial charge in [-0.05, 0) is 30.3 Å². The van der Waals surface area contributed by atoms with Gasteiger partial charge < -0.3 is 23.5 Å². The smallest absolute Gasteiger partial charge is 0.341 e. The third kappa shape index (κ3) is 4.03. The number of carbonyl (C=O) groups excluding carboxylic acids is 1. The molecule has 2 aromatic carbocycles. The van der Waals surface area contributed by atoms with Crippen molar-refractivity contribution in [3.8, 4) is 28.6 Å². The molecule has 0 N–H and O–H groups in total. The maximum atomic E-state index is 13.9. The van der Waals surface area contributed by atoms with Gasteiger partial charge >= 0.3 is 5.97 Å². The van der Waals surface area contributed by atoms with Gasteiger partial charge in [0.25, 0.3) is 5.89 Å². The standard InChI is InChI=1S/C19H17FN2O6/c1-24-12-5-6-13(14(20)9-12)19(23)27-10-17-21-18(22-28-17)11-4-7-15(25-2)16(8-11)26-3/h4-9H,10H2,1-3H3. The van der Waals surface area contributed by atoms with Crippen LogP contribution in [-0.2, 0) is 11.3 Å². The van der Waals surface area contributed by atoms with Crippen LogP contribution in [0.25, 0.3) is 11.4 Å². The molecule has 0 fully saturated rings. The molecule has 146 valence electrons. The Morgan fingerprint density at radius 2 is 1.82 bits per heavy atom. The summed E-state index contributed by atoms with van der Waals surface area (Å²) in [6.07, 6.45) is 0. The second kappa shape index (κ2) is 8.38. The fourth-order valence-corrected chi connectivity index (χ4v) is 2.40. The number of benzene rings is 2. The molecule has 3 aromatic rings. The molecule has 0 aliphatic carbocycles. The van der Waals surface area contributed by atoms with Crippen molar-refractivity contribution in [3.63, 3.8) is 0 Å². The third-order valence-corrected chi connectivity index (χ3v) is 3.83. The molecule has 0 saturated heterocycles. The number of nitrogens with zero attached hydrogens (tertiary/aromatic N) is 2. The lowest BCUT2D eigenvalue weighted by molar-refractivity contribution is 0.0424. The van der Waals surface area contributed by atoms with Gasteiger partial charge in [-0.1, -0.05) is 5.16 Å². The Kier molecular flexibility index (Phi) is 5.73. The zero-order chi connectivity index (χ0) is 20.1. The normalized spacial score (nSPS) is 10.4. The SMILES string of the molecule is COc1ccc(C(=O)OCc2nc(-c3ccc(OC)c(OC)c3)no2)c(F)c1. The fraction of sp³-hybridized carbons (Fsp3) is 0.211. The van der Waals surface area contributed by atoms with E-state index in [1.165, 1.54) is 33.5 Å². The fourth-order valence-electron chi connectivity index (χ4n) is 2.40. The van der Waals surface area contributed by atoms with E-state index < -0.39 is 11.8 Å². The molecular formula is C19H17FN2O6. The number of aromatic nitrogens is 2. The maximum absolute atomic E-state index is 13.9. The molecule has 3 rings (SSSR count). The first-order valence-electron chi connectivity index (χ1n) is 8.11. The van der Waals surface area contributed by atoms with Crippen molar-refractivity contribution >= 4 is 5.97 Å². The minimum absolute atomic E-state index is 0.0621. The number of hydrogen-bond donors (Lipinski definition) is 0. The van der Waals surface area contributed by atoms with Crippen LogP contribution in [0, 0.1) is 5.82 Å². The summed E-state index contributed by atoms with van der Waals surface area (Å²) in [6.45, 7) is -0.301. The van der Waals surface area contributed by atoms with Gasteiger partial charge in [-0.2, -0.15) is 4.98 Å². The number of ether oxygens (including phenoxy) is 4.